The van der Waals surface area contributed by atoms with Crippen LogP contribution >= 0.6 is 0 Å². The first-order valence-corrected chi connectivity index (χ1v) is 8.16. The lowest BCUT2D eigenvalue weighted by atomic mass is 9.59. The maximum Gasteiger partial charge on any atom is 0.115 e. The molecule has 2 saturated carbocycles. The van der Waals surface area contributed by atoms with Gasteiger partial charge in [-0.3, -0.25) is 0 Å². The van der Waals surface area contributed by atoms with E-state index in [1.807, 2.05) is 12.1 Å². The van der Waals surface area contributed by atoms with Gasteiger partial charge >= 0.3 is 0 Å². The zero-order valence-corrected chi connectivity index (χ0v) is 12.1. The van der Waals surface area contributed by atoms with Crippen molar-refractivity contribution in [1.29, 1.82) is 0 Å². The number of aliphatic hydroxyl groups is 1. The Morgan fingerprint density at radius 2 is 1.75 bits per heavy atom. The summed E-state index contributed by atoms with van der Waals surface area (Å²) in [7, 11) is 0. The summed E-state index contributed by atoms with van der Waals surface area (Å²) in [5.41, 5.74) is 2.84. The van der Waals surface area contributed by atoms with E-state index >= 15 is 0 Å². The average Bonchev–Trinajstić information content (AvgIpc) is 2.81. The van der Waals surface area contributed by atoms with Gasteiger partial charge in [0.2, 0.25) is 0 Å². The SMILES string of the molecule is C[C@@H]1C[C@@H]2[C@H](CCC3C(O)CC[C@H]32)c2ccc(O)cc21. The van der Waals surface area contributed by atoms with Gasteiger partial charge < -0.3 is 10.2 Å². The number of phenols is 1. The summed E-state index contributed by atoms with van der Waals surface area (Å²) in [6.07, 6.45) is 5.81. The van der Waals surface area contributed by atoms with E-state index in [1.54, 1.807) is 0 Å². The van der Waals surface area contributed by atoms with Crippen LogP contribution < -0.4 is 0 Å². The molecular weight excluding hydrogens is 248 g/mol. The van der Waals surface area contributed by atoms with Crippen molar-refractivity contribution in [3.05, 3.63) is 29.3 Å². The van der Waals surface area contributed by atoms with E-state index < -0.39 is 0 Å². The van der Waals surface area contributed by atoms with E-state index in [0.29, 0.717) is 23.5 Å². The molecule has 0 amide bonds. The van der Waals surface area contributed by atoms with Gasteiger partial charge in [0.1, 0.15) is 5.75 Å². The van der Waals surface area contributed by atoms with Crippen LogP contribution in [0.2, 0.25) is 0 Å². The average molecular weight is 272 g/mol. The molecule has 3 aliphatic rings. The Bertz CT molecular complexity index is 524. The third kappa shape index (κ3) is 1.74. The summed E-state index contributed by atoms with van der Waals surface area (Å²) in [6, 6.07) is 5.99. The minimum atomic E-state index is -0.0440. The predicted octanol–water partition coefficient (Wildman–Crippen LogP) is 3.78. The summed E-state index contributed by atoms with van der Waals surface area (Å²) in [4.78, 5) is 0. The Kier molecular flexibility index (Phi) is 2.85. The molecule has 0 saturated heterocycles. The highest BCUT2D eigenvalue weighted by atomic mass is 16.3. The summed E-state index contributed by atoms with van der Waals surface area (Å²) in [6.45, 7) is 2.30. The topological polar surface area (TPSA) is 40.5 Å². The Hall–Kier alpha value is -1.02. The first-order valence-electron chi connectivity index (χ1n) is 8.16. The van der Waals surface area contributed by atoms with E-state index in [9.17, 15) is 10.2 Å². The van der Waals surface area contributed by atoms with Crippen LogP contribution in [0, 0.1) is 17.8 Å². The van der Waals surface area contributed by atoms with Crippen molar-refractivity contribution < 1.29 is 10.2 Å². The molecule has 0 spiro atoms. The second kappa shape index (κ2) is 4.49. The monoisotopic (exact) mass is 272 g/mol. The molecule has 3 aliphatic carbocycles. The van der Waals surface area contributed by atoms with Crippen molar-refractivity contribution in [2.75, 3.05) is 0 Å². The number of hydrogen-bond acceptors (Lipinski definition) is 2. The highest BCUT2D eigenvalue weighted by molar-refractivity contribution is 5.42. The van der Waals surface area contributed by atoms with Gasteiger partial charge in [0.25, 0.3) is 0 Å². The Balaban J connectivity index is 1.72. The van der Waals surface area contributed by atoms with Crippen molar-refractivity contribution in [2.24, 2.45) is 17.8 Å². The fraction of sp³-hybridized carbons (Fsp3) is 0.667. The van der Waals surface area contributed by atoms with Crippen LogP contribution in [-0.2, 0) is 0 Å². The maximum atomic E-state index is 10.2. The highest BCUT2D eigenvalue weighted by Crippen LogP contribution is 2.57. The third-order valence-electron chi connectivity index (χ3n) is 6.34. The van der Waals surface area contributed by atoms with Gasteiger partial charge in [0, 0.05) is 0 Å². The zero-order chi connectivity index (χ0) is 13.9. The standard InChI is InChI=1S/C18H24O2/c1-10-8-17-13(12-3-2-11(19)9-16(10)12)4-5-15-14(17)6-7-18(15)20/h2-3,9-10,13-15,17-20H,4-8H2,1H3/t10-,13-,14-,15?,17-,18?/m1/s1. The largest absolute Gasteiger partial charge is 0.508 e. The first-order chi connectivity index (χ1) is 9.65. The molecule has 0 heterocycles. The second-order valence-electron chi connectivity index (χ2n) is 7.27. The maximum absolute atomic E-state index is 10.2. The Morgan fingerprint density at radius 1 is 0.950 bits per heavy atom. The van der Waals surface area contributed by atoms with Crippen LogP contribution in [0.3, 0.4) is 0 Å². The van der Waals surface area contributed by atoms with Gasteiger partial charge in [-0.25, -0.2) is 0 Å². The van der Waals surface area contributed by atoms with Crippen molar-refractivity contribution in [1.82, 2.24) is 0 Å². The van der Waals surface area contributed by atoms with Gasteiger partial charge in [-0.2, -0.15) is 0 Å². The van der Waals surface area contributed by atoms with Gasteiger partial charge in [-0.05, 0) is 85.0 Å². The van der Waals surface area contributed by atoms with E-state index in [-0.39, 0.29) is 6.10 Å². The molecule has 2 N–H and O–H groups in total. The molecule has 1 aromatic carbocycles. The van der Waals surface area contributed by atoms with Crippen LogP contribution in [0.4, 0.5) is 0 Å². The lowest BCUT2D eigenvalue weighted by Gasteiger charge is -2.46. The molecule has 2 unspecified atom stereocenters. The van der Waals surface area contributed by atoms with Crippen molar-refractivity contribution in [3.8, 4) is 5.75 Å². The molecule has 4 rings (SSSR count). The smallest absolute Gasteiger partial charge is 0.115 e. The minimum Gasteiger partial charge on any atom is -0.508 e. The van der Waals surface area contributed by atoms with E-state index in [1.165, 1.54) is 36.8 Å². The quantitative estimate of drug-likeness (QED) is 0.754. The molecule has 2 fully saturated rings. The van der Waals surface area contributed by atoms with E-state index in [2.05, 4.69) is 13.0 Å². The van der Waals surface area contributed by atoms with Crippen LogP contribution in [0.5, 0.6) is 5.75 Å². The van der Waals surface area contributed by atoms with Crippen LogP contribution in [-0.4, -0.2) is 16.3 Å². The summed E-state index contributed by atoms with van der Waals surface area (Å²) < 4.78 is 0. The Labute approximate surface area is 120 Å². The molecule has 108 valence electrons. The summed E-state index contributed by atoms with van der Waals surface area (Å²) >= 11 is 0. The van der Waals surface area contributed by atoms with E-state index in [4.69, 9.17) is 0 Å². The van der Waals surface area contributed by atoms with Gasteiger partial charge in [0.15, 0.2) is 0 Å². The molecule has 2 heteroatoms. The third-order valence-corrected chi connectivity index (χ3v) is 6.34. The molecule has 2 nitrogen and oxygen atoms in total. The fourth-order valence-corrected chi connectivity index (χ4v) is 5.49. The van der Waals surface area contributed by atoms with Crippen molar-refractivity contribution in [2.45, 2.75) is 57.0 Å². The molecular formula is C18H24O2. The van der Waals surface area contributed by atoms with Crippen LogP contribution in [0.1, 0.15) is 62.0 Å². The molecule has 1 aromatic rings. The molecule has 0 radical (unpaired) electrons. The van der Waals surface area contributed by atoms with Gasteiger partial charge in [-0.1, -0.05) is 13.0 Å². The molecule has 0 aromatic heterocycles. The van der Waals surface area contributed by atoms with E-state index in [0.717, 1.165) is 18.3 Å². The minimum absolute atomic E-state index is 0.0440. The number of fused-ring (bicyclic) bond motifs is 5. The molecule has 0 bridgehead atoms. The number of aliphatic hydroxyl groups excluding tert-OH is 1. The molecule has 20 heavy (non-hydrogen) atoms. The van der Waals surface area contributed by atoms with Crippen LogP contribution in [0.15, 0.2) is 18.2 Å². The van der Waals surface area contributed by atoms with Gasteiger partial charge in [-0.15, -0.1) is 0 Å². The Morgan fingerprint density at radius 3 is 2.60 bits per heavy atom. The summed E-state index contributed by atoms with van der Waals surface area (Å²) in [5.74, 6) is 3.63. The lowest BCUT2D eigenvalue weighted by molar-refractivity contribution is 0.0537. The number of phenolic OH excluding ortho intramolecular Hbond substituents is 1. The lowest BCUT2D eigenvalue weighted by Crippen LogP contribution is -2.37. The fourth-order valence-electron chi connectivity index (χ4n) is 5.49. The summed E-state index contributed by atoms with van der Waals surface area (Å²) in [5, 5.41) is 19.9. The molecule has 6 atom stereocenters. The number of aromatic hydroxyl groups is 1. The van der Waals surface area contributed by atoms with Crippen molar-refractivity contribution in [3.63, 3.8) is 0 Å². The van der Waals surface area contributed by atoms with Crippen molar-refractivity contribution >= 4 is 0 Å². The molecule has 0 aliphatic heterocycles. The zero-order valence-electron chi connectivity index (χ0n) is 12.1. The normalized spacial score (nSPS) is 42.7. The number of rotatable bonds is 0. The van der Waals surface area contributed by atoms with Gasteiger partial charge in [0.05, 0.1) is 6.10 Å². The number of hydrogen-bond donors (Lipinski definition) is 2. The predicted molar refractivity (Wildman–Crippen MR) is 78.8 cm³/mol. The first kappa shape index (κ1) is 12.7. The highest BCUT2D eigenvalue weighted by Gasteiger charge is 2.48. The number of benzene rings is 1. The van der Waals surface area contributed by atoms with Crippen LogP contribution in [0.25, 0.3) is 0 Å². The second-order valence-corrected chi connectivity index (χ2v) is 7.27.